The molecule has 1 aromatic heterocycles. The van der Waals surface area contributed by atoms with Crippen molar-refractivity contribution >= 4 is 16.9 Å². The van der Waals surface area contributed by atoms with Gasteiger partial charge in [0, 0.05) is 43.3 Å². The molecular weight excluding hydrogens is 380 g/mol. The highest BCUT2D eigenvalue weighted by Gasteiger charge is 2.25. The fourth-order valence-corrected chi connectivity index (χ4v) is 4.21. The second-order valence-corrected chi connectivity index (χ2v) is 7.59. The van der Waals surface area contributed by atoms with Gasteiger partial charge in [-0.3, -0.25) is 0 Å². The number of hydrogen-bond donors (Lipinski definition) is 1. The summed E-state index contributed by atoms with van der Waals surface area (Å²) in [5, 5.41) is 12.5. The van der Waals surface area contributed by atoms with Crippen LogP contribution in [-0.4, -0.2) is 47.0 Å². The van der Waals surface area contributed by atoms with Gasteiger partial charge in [0.1, 0.15) is 5.56 Å². The van der Waals surface area contributed by atoms with E-state index in [1.165, 1.54) is 16.5 Å². The Morgan fingerprint density at radius 1 is 1.10 bits per heavy atom. The van der Waals surface area contributed by atoms with E-state index in [0.29, 0.717) is 18.3 Å². The number of hydroxylamine groups is 2. The number of aromatic carboxylic acids is 1. The summed E-state index contributed by atoms with van der Waals surface area (Å²) in [6, 6.07) is 15.3. The molecule has 0 unspecified atom stereocenters. The smallest absolute Gasteiger partial charge is 0.339 e. The van der Waals surface area contributed by atoms with Crippen LogP contribution in [0, 0.1) is 0 Å². The second-order valence-electron chi connectivity index (χ2n) is 7.59. The normalized spacial score (nSPS) is 15.5. The first-order chi connectivity index (χ1) is 14.7. The van der Waals surface area contributed by atoms with Crippen LogP contribution in [0.2, 0.25) is 0 Å². The fraction of sp³-hybridized carbons (Fsp3) is 0.375. The van der Waals surface area contributed by atoms with Crippen molar-refractivity contribution in [3.63, 3.8) is 0 Å². The molecule has 0 aliphatic carbocycles. The molecule has 0 saturated carbocycles. The lowest BCUT2D eigenvalue weighted by atomic mass is 9.90. The predicted molar refractivity (Wildman–Crippen MR) is 116 cm³/mol. The lowest BCUT2D eigenvalue weighted by Crippen LogP contribution is -2.36. The number of benzene rings is 2. The standard InChI is InChI=1S/C24H28N2O4/c1-2-29-16-15-25-17-21(19-7-3-5-9-22(19)25)18-11-13-26(14-12-18)30-23-10-6-4-8-20(23)24(27)28/h3-10,17-18H,2,11-16H2,1H3,(H,27,28). The monoisotopic (exact) mass is 408 g/mol. The molecule has 1 saturated heterocycles. The lowest BCUT2D eigenvalue weighted by molar-refractivity contribution is -0.0761. The zero-order valence-corrected chi connectivity index (χ0v) is 17.3. The molecule has 0 radical (unpaired) electrons. The predicted octanol–water partition coefficient (Wildman–Crippen LogP) is 4.55. The van der Waals surface area contributed by atoms with E-state index in [-0.39, 0.29) is 5.56 Å². The summed E-state index contributed by atoms with van der Waals surface area (Å²) in [7, 11) is 0. The van der Waals surface area contributed by atoms with Gasteiger partial charge in [-0.1, -0.05) is 30.3 Å². The summed E-state index contributed by atoms with van der Waals surface area (Å²) < 4.78 is 7.85. The van der Waals surface area contributed by atoms with E-state index in [4.69, 9.17) is 9.57 Å². The number of carbonyl (C=O) groups is 1. The number of piperidine rings is 1. The number of carboxylic acids is 1. The second kappa shape index (κ2) is 9.32. The van der Waals surface area contributed by atoms with Crippen molar-refractivity contribution in [3.8, 4) is 5.75 Å². The molecule has 1 aliphatic heterocycles. The Balaban J connectivity index is 1.46. The minimum absolute atomic E-state index is 0.192. The quantitative estimate of drug-likeness (QED) is 0.554. The van der Waals surface area contributed by atoms with Crippen LogP contribution in [0.3, 0.4) is 0 Å². The Labute approximate surface area is 176 Å². The molecule has 2 aromatic carbocycles. The summed E-state index contributed by atoms with van der Waals surface area (Å²) in [6.45, 7) is 5.83. The summed E-state index contributed by atoms with van der Waals surface area (Å²) in [4.78, 5) is 17.3. The zero-order chi connectivity index (χ0) is 20.9. The van der Waals surface area contributed by atoms with Gasteiger partial charge in [-0.15, -0.1) is 5.06 Å². The third kappa shape index (κ3) is 4.35. The first-order valence-corrected chi connectivity index (χ1v) is 10.6. The zero-order valence-electron chi connectivity index (χ0n) is 17.3. The highest BCUT2D eigenvalue weighted by atomic mass is 16.7. The van der Waals surface area contributed by atoms with Gasteiger partial charge < -0.3 is 19.2 Å². The Morgan fingerprint density at radius 3 is 2.60 bits per heavy atom. The first-order valence-electron chi connectivity index (χ1n) is 10.6. The van der Waals surface area contributed by atoms with Crippen LogP contribution in [0.5, 0.6) is 5.75 Å². The first kappa shape index (κ1) is 20.4. The summed E-state index contributed by atoms with van der Waals surface area (Å²) in [5.41, 5.74) is 2.82. The number of para-hydroxylation sites is 2. The van der Waals surface area contributed by atoms with Crippen LogP contribution < -0.4 is 4.84 Å². The highest BCUT2D eigenvalue weighted by molar-refractivity contribution is 5.90. The fourth-order valence-electron chi connectivity index (χ4n) is 4.21. The summed E-state index contributed by atoms with van der Waals surface area (Å²) in [6.07, 6.45) is 4.22. The maximum atomic E-state index is 11.4. The largest absolute Gasteiger partial charge is 0.478 e. The van der Waals surface area contributed by atoms with Gasteiger partial charge in [0.05, 0.1) is 6.61 Å². The van der Waals surface area contributed by atoms with Crippen molar-refractivity contribution in [1.29, 1.82) is 0 Å². The molecule has 3 aromatic rings. The Bertz CT molecular complexity index is 1010. The van der Waals surface area contributed by atoms with E-state index in [0.717, 1.165) is 39.1 Å². The summed E-state index contributed by atoms with van der Waals surface area (Å²) in [5.74, 6) is -0.117. The Kier molecular flexibility index (Phi) is 6.35. The molecule has 4 rings (SSSR count). The van der Waals surface area contributed by atoms with Crippen molar-refractivity contribution in [2.24, 2.45) is 0 Å². The van der Waals surface area contributed by atoms with Crippen molar-refractivity contribution < 1.29 is 19.5 Å². The number of ether oxygens (including phenoxy) is 1. The number of hydrogen-bond acceptors (Lipinski definition) is 4. The molecule has 1 aliphatic rings. The van der Waals surface area contributed by atoms with Gasteiger partial charge in [-0.25, -0.2) is 4.79 Å². The van der Waals surface area contributed by atoms with Crippen molar-refractivity contribution in [1.82, 2.24) is 9.63 Å². The maximum Gasteiger partial charge on any atom is 0.339 e. The number of rotatable bonds is 8. The summed E-state index contributed by atoms with van der Waals surface area (Å²) >= 11 is 0. The van der Waals surface area contributed by atoms with Crippen LogP contribution in [-0.2, 0) is 11.3 Å². The third-order valence-electron chi connectivity index (χ3n) is 5.74. The molecular formula is C24H28N2O4. The van der Waals surface area contributed by atoms with E-state index in [1.54, 1.807) is 24.3 Å². The molecule has 1 fully saturated rings. The van der Waals surface area contributed by atoms with Crippen molar-refractivity contribution in [2.45, 2.75) is 32.2 Å². The van der Waals surface area contributed by atoms with Crippen LogP contribution in [0.15, 0.2) is 54.7 Å². The van der Waals surface area contributed by atoms with E-state index in [9.17, 15) is 9.90 Å². The molecule has 1 N–H and O–H groups in total. The maximum absolute atomic E-state index is 11.4. The van der Waals surface area contributed by atoms with E-state index >= 15 is 0 Å². The molecule has 158 valence electrons. The van der Waals surface area contributed by atoms with Crippen LogP contribution in [0.25, 0.3) is 10.9 Å². The Morgan fingerprint density at radius 2 is 1.83 bits per heavy atom. The molecule has 0 atom stereocenters. The number of carboxylic acid groups (broad SMARTS) is 1. The van der Waals surface area contributed by atoms with Crippen molar-refractivity contribution in [2.75, 3.05) is 26.3 Å². The van der Waals surface area contributed by atoms with E-state index in [1.807, 2.05) is 12.0 Å². The molecule has 6 nitrogen and oxygen atoms in total. The average Bonchev–Trinajstić information content (AvgIpc) is 3.14. The van der Waals surface area contributed by atoms with Crippen LogP contribution >= 0.6 is 0 Å². The van der Waals surface area contributed by atoms with Gasteiger partial charge in [0.15, 0.2) is 5.75 Å². The number of fused-ring (bicyclic) bond motifs is 1. The van der Waals surface area contributed by atoms with Gasteiger partial charge in [-0.05, 0) is 49.4 Å². The van der Waals surface area contributed by atoms with Crippen LogP contribution in [0.4, 0.5) is 0 Å². The molecule has 0 bridgehead atoms. The molecule has 6 heteroatoms. The Hall–Kier alpha value is -2.83. The van der Waals surface area contributed by atoms with Crippen molar-refractivity contribution in [3.05, 3.63) is 65.9 Å². The van der Waals surface area contributed by atoms with E-state index in [2.05, 4.69) is 35.0 Å². The topological polar surface area (TPSA) is 63.9 Å². The van der Waals surface area contributed by atoms with E-state index < -0.39 is 5.97 Å². The number of aromatic nitrogens is 1. The van der Waals surface area contributed by atoms with Gasteiger partial charge >= 0.3 is 5.97 Å². The molecule has 0 spiro atoms. The average molecular weight is 408 g/mol. The minimum atomic E-state index is -0.972. The van der Waals surface area contributed by atoms with Crippen LogP contribution in [0.1, 0.15) is 41.6 Å². The number of nitrogens with zero attached hydrogens (tertiary/aromatic N) is 2. The minimum Gasteiger partial charge on any atom is -0.478 e. The van der Waals surface area contributed by atoms with Gasteiger partial charge in [-0.2, -0.15) is 0 Å². The third-order valence-corrected chi connectivity index (χ3v) is 5.74. The van der Waals surface area contributed by atoms with Gasteiger partial charge in [0.25, 0.3) is 0 Å². The molecule has 2 heterocycles. The highest BCUT2D eigenvalue weighted by Crippen LogP contribution is 2.35. The van der Waals surface area contributed by atoms with Gasteiger partial charge in [0.2, 0.25) is 0 Å². The molecule has 0 amide bonds. The molecule has 30 heavy (non-hydrogen) atoms. The lowest BCUT2D eigenvalue weighted by Gasteiger charge is -2.31. The SMILES string of the molecule is CCOCCn1cc(C2CCN(Oc3ccccc3C(=O)O)CC2)c2ccccc21.